The lowest BCUT2D eigenvalue weighted by Crippen LogP contribution is -2.08. The van der Waals surface area contributed by atoms with Crippen molar-refractivity contribution < 1.29 is 9.47 Å². The zero-order valence-corrected chi connectivity index (χ0v) is 13.1. The standard InChI is InChI=1S/C18H23NO2/c1-5-21-16-9-7-15(8-10-16)19-14(3)17-11-6-13(2)12-18(17)20-4/h6-12,14,19H,5H2,1-4H3. The molecule has 0 bridgehead atoms. The fraction of sp³-hybridized carbons (Fsp3) is 0.333. The molecule has 0 aliphatic heterocycles. The lowest BCUT2D eigenvalue weighted by molar-refractivity contribution is 0.340. The van der Waals surface area contributed by atoms with Gasteiger partial charge in [-0.3, -0.25) is 0 Å². The number of hydrogen-bond donors (Lipinski definition) is 1. The van der Waals surface area contributed by atoms with Crippen molar-refractivity contribution in [2.24, 2.45) is 0 Å². The van der Waals surface area contributed by atoms with Gasteiger partial charge in [0.2, 0.25) is 0 Å². The van der Waals surface area contributed by atoms with Crippen LogP contribution in [0.25, 0.3) is 0 Å². The van der Waals surface area contributed by atoms with Gasteiger partial charge in [-0.15, -0.1) is 0 Å². The molecular formula is C18H23NO2. The Kier molecular flexibility index (Phi) is 5.09. The molecule has 3 heteroatoms. The van der Waals surface area contributed by atoms with Crippen LogP contribution in [0.3, 0.4) is 0 Å². The molecule has 2 aromatic carbocycles. The second-order valence-corrected chi connectivity index (χ2v) is 5.07. The molecule has 0 amide bonds. The van der Waals surface area contributed by atoms with Crippen LogP contribution in [0.1, 0.15) is 31.0 Å². The van der Waals surface area contributed by atoms with E-state index in [2.05, 4.69) is 37.4 Å². The SMILES string of the molecule is CCOc1ccc(NC(C)c2ccc(C)cc2OC)cc1. The minimum atomic E-state index is 0.165. The lowest BCUT2D eigenvalue weighted by atomic mass is 10.0. The Labute approximate surface area is 126 Å². The van der Waals surface area contributed by atoms with Gasteiger partial charge in [0.05, 0.1) is 19.8 Å². The van der Waals surface area contributed by atoms with Crippen molar-refractivity contribution in [2.75, 3.05) is 19.0 Å². The fourth-order valence-electron chi connectivity index (χ4n) is 2.32. The Balaban J connectivity index is 2.12. The number of benzene rings is 2. The summed E-state index contributed by atoms with van der Waals surface area (Å²) in [5.74, 6) is 1.81. The number of nitrogens with one attached hydrogen (secondary N) is 1. The molecule has 0 fully saturated rings. The normalized spacial score (nSPS) is 11.8. The van der Waals surface area contributed by atoms with Crippen LogP contribution in [0, 0.1) is 6.92 Å². The van der Waals surface area contributed by atoms with Crippen LogP contribution in [0.15, 0.2) is 42.5 Å². The first-order valence-corrected chi connectivity index (χ1v) is 7.28. The Bertz CT molecular complexity index is 578. The van der Waals surface area contributed by atoms with Crippen LogP contribution in [0.4, 0.5) is 5.69 Å². The van der Waals surface area contributed by atoms with Gasteiger partial charge in [0.15, 0.2) is 0 Å². The van der Waals surface area contributed by atoms with Crippen molar-refractivity contribution >= 4 is 5.69 Å². The highest BCUT2D eigenvalue weighted by Gasteiger charge is 2.11. The van der Waals surface area contributed by atoms with Crippen LogP contribution < -0.4 is 14.8 Å². The molecule has 3 nitrogen and oxygen atoms in total. The zero-order valence-electron chi connectivity index (χ0n) is 13.1. The molecule has 0 aliphatic carbocycles. The maximum atomic E-state index is 5.48. The van der Waals surface area contributed by atoms with Crippen molar-refractivity contribution in [1.29, 1.82) is 0 Å². The summed E-state index contributed by atoms with van der Waals surface area (Å²) in [5.41, 5.74) is 3.41. The van der Waals surface area contributed by atoms with E-state index >= 15 is 0 Å². The monoisotopic (exact) mass is 285 g/mol. The largest absolute Gasteiger partial charge is 0.496 e. The molecule has 1 atom stereocenters. The number of aryl methyl sites for hydroxylation is 1. The summed E-state index contributed by atoms with van der Waals surface area (Å²) in [5, 5.41) is 3.49. The van der Waals surface area contributed by atoms with E-state index in [4.69, 9.17) is 9.47 Å². The van der Waals surface area contributed by atoms with Crippen molar-refractivity contribution in [3.05, 3.63) is 53.6 Å². The molecule has 0 saturated carbocycles. The molecular weight excluding hydrogens is 262 g/mol. The number of ether oxygens (including phenoxy) is 2. The molecule has 0 radical (unpaired) electrons. The first kappa shape index (κ1) is 15.2. The predicted molar refractivity (Wildman–Crippen MR) is 87.4 cm³/mol. The molecule has 2 rings (SSSR count). The second-order valence-electron chi connectivity index (χ2n) is 5.07. The predicted octanol–water partition coefficient (Wildman–Crippen LogP) is 4.58. The Hall–Kier alpha value is -2.16. The Morgan fingerprint density at radius 3 is 2.43 bits per heavy atom. The van der Waals surface area contributed by atoms with E-state index in [1.165, 1.54) is 5.56 Å². The summed E-state index contributed by atoms with van der Waals surface area (Å²) < 4.78 is 10.9. The molecule has 0 aromatic heterocycles. The van der Waals surface area contributed by atoms with Crippen molar-refractivity contribution in [3.63, 3.8) is 0 Å². The van der Waals surface area contributed by atoms with Crippen LogP contribution >= 0.6 is 0 Å². The Morgan fingerprint density at radius 1 is 1.10 bits per heavy atom. The van der Waals surface area contributed by atoms with Crippen molar-refractivity contribution in [3.8, 4) is 11.5 Å². The summed E-state index contributed by atoms with van der Waals surface area (Å²) in [6.45, 7) is 6.86. The molecule has 0 saturated heterocycles. The van der Waals surface area contributed by atoms with E-state index in [1.807, 2.05) is 31.2 Å². The Morgan fingerprint density at radius 2 is 1.81 bits per heavy atom. The summed E-state index contributed by atoms with van der Waals surface area (Å²) in [6.07, 6.45) is 0. The van der Waals surface area contributed by atoms with Crippen LogP contribution in [-0.2, 0) is 0 Å². The average molecular weight is 285 g/mol. The molecule has 112 valence electrons. The zero-order chi connectivity index (χ0) is 15.2. The second kappa shape index (κ2) is 7.02. The van der Waals surface area contributed by atoms with Crippen LogP contribution in [0.5, 0.6) is 11.5 Å². The van der Waals surface area contributed by atoms with Crippen LogP contribution in [-0.4, -0.2) is 13.7 Å². The number of methoxy groups -OCH3 is 1. The van der Waals surface area contributed by atoms with Gasteiger partial charge >= 0.3 is 0 Å². The summed E-state index contributed by atoms with van der Waals surface area (Å²) in [7, 11) is 1.71. The van der Waals surface area contributed by atoms with Gasteiger partial charge in [-0.05, 0) is 56.7 Å². The fourth-order valence-corrected chi connectivity index (χ4v) is 2.32. The van der Waals surface area contributed by atoms with Gasteiger partial charge in [-0.2, -0.15) is 0 Å². The van der Waals surface area contributed by atoms with Gasteiger partial charge in [0, 0.05) is 11.3 Å². The van der Waals surface area contributed by atoms with E-state index < -0.39 is 0 Å². The summed E-state index contributed by atoms with van der Waals surface area (Å²) >= 11 is 0. The van der Waals surface area contributed by atoms with E-state index in [0.717, 1.165) is 22.7 Å². The lowest BCUT2D eigenvalue weighted by Gasteiger charge is -2.19. The molecule has 1 unspecified atom stereocenters. The highest BCUT2D eigenvalue weighted by atomic mass is 16.5. The van der Waals surface area contributed by atoms with Gasteiger partial charge in [-0.25, -0.2) is 0 Å². The first-order chi connectivity index (χ1) is 10.1. The molecule has 0 spiro atoms. The smallest absolute Gasteiger partial charge is 0.124 e. The minimum Gasteiger partial charge on any atom is -0.496 e. The van der Waals surface area contributed by atoms with Gasteiger partial charge in [0.1, 0.15) is 11.5 Å². The molecule has 21 heavy (non-hydrogen) atoms. The minimum absolute atomic E-state index is 0.165. The maximum Gasteiger partial charge on any atom is 0.124 e. The molecule has 0 aliphatic rings. The summed E-state index contributed by atoms with van der Waals surface area (Å²) in [6, 6.07) is 14.5. The average Bonchev–Trinajstić information content (AvgIpc) is 2.49. The molecule has 2 aromatic rings. The highest BCUT2D eigenvalue weighted by Crippen LogP contribution is 2.29. The van der Waals surface area contributed by atoms with Crippen LogP contribution in [0.2, 0.25) is 0 Å². The van der Waals surface area contributed by atoms with E-state index in [1.54, 1.807) is 7.11 Å². The number of hydrogen-bond acceptors (Lipinski definition) is 3. The first-order valence-electron chi connectivity index (χ1n) is 7.28. The third kappa shape index (κ3) is 3.91. The van der Waals surface area contributed by atoms with E-state index in [0.29, 0.717) is 6.61 Å². The van der Waals surface area contributed by atoms with E-state index in [9.17, 15) is 0 Å². The maximum absolute atomic E-state index is 5.48. The quantitative estimate of drug-likeness (QED) is 0.843. The summed E-state index contributed by atoms with van der Waals surface area (Å²) in [4.78, 5) is 0. The molecule has 0 heterocycles. The van der Waals surface area contributed by atoms with Gasteiger partial charge < -0.3 is 14.8 Å². The topological polar surface area (TPSA) is 30.5 Å². The van der Waals surface area contributed by atoms with Gasteiger partial charge in [-0.1, -0.05) is 12.1 Å². The third-order valence-electron chi connectivity index (χ3n) is 3.40. The van der Waals surface area contributed by atoms with Crippen molar-refractivity contribution in [1.82, 2.24) is 0 Å². The number of rotatable bonds is 6. The van der Waals surface area contributed by atoms with E-state index in [-0.39, 0.29) is 6.04 Å². The molecule has 1 N–H and O–H groups in total. The van der Waals surface area contributed by atoms with Gasteiger partial charge in [0.25, 0.3) is 0 Å². The third-order valence-corrected chi connectivity index (χ3v) is 3.40. The van der Waals surface area contributed by atoms with Crippen molar-refractivity contribution in [2.45, 2.75) is 26.8 Å². The number of anilines is 1. The highest BCUT2D eigenvalue weighted by molar-refractivity contribution is 5.50.